The van der Waals surface area contributed by atoms with Crippen molar-refractivity contribution >= 4 is 38.9 Å². The van der Waals surface area contributed by atoms with Gasteiger partial charge in [-0.1, -0.05) is 27.5 Å². The van der Waals surface area contributed by atoms with Crippen LogP contribution >= 0.6 is 38.9 Å². The minimum Gasteiger partial charge on any atom is -0.493 e. The molecule has 1 heterocycles. The Bertz CT molecular complexity index is 489. The van der Waals surface area contributed by atoms with Crippen LogP contribution in [0.15, 0.2) is 29.0 Å². The van der Waals surface area contributed by atoms with Crippen LogP contribution in [0.1, 0.15) is 11.1 Å². The van der Waals surface area contributed by atoms with Crippen LogP contribution in [0.25, 0.3) is 0 Å². The van der Waals surface area contributed by atoms with Crippen LogP contribution < -0.4 is 9.47 Å². The van der Waals surface area contributed by atoms with Gasteiger partial charge in [-0.25, -0.2) is 0 Å². The lowest BCUT2D eigenvalue weighted by molar-refractivity contribution is 0.283. The Morgan fingerprint density at radius 3 is 2.83 bits per heavy atom. The molecule has 0 fully saturated rings. The normalized spacial score (nSPS) is 10.4. The molecule has 1 aromatic heterocycles. The Morgan fingerprint density at radius 1 is 1.39 bits per heavy atom. The molecule has 0 radical (unpaired) electrons. The van der Waals surface area contributed by atoms with E-state index in [9.17, 15) is 0 Å². The summed E-state index contributed by atoms with van der Waals surface area (Å²) in [5.74, 6) is 1.40. The number of ether oxygens (including phenoxy) is 2. The maximum Gasteiger partial charge on any atom is 0.165 e. The van der Waals surface area contributed by atoms with E-state index in [2.05, 4.69) is 21.3 Å². The van der Waals surface area contributed by atoms with Crippen molar-refractivity contribution in [3.63, 3.8) is 0 Å². The molecular formula is C13H12BrClO2S. The number of hydrogen-bond donors (Lipinski definition) is 0. The lowest BCUT2D eigenvalue weighted by Crippen LogP contribution is -1.99. The van der Waals surface area contributed by atoms with Gasteiger partial charge in [-0.05, 0) is 28.5 Å². The summed E-state index contributed by atoms with van der Waals surface area (Å²) in [6, 6.07) is 5.68. The molecule has 0 N–H and O–H groups in total. The Balaban J connectivity index is 2.24. The molecular weight excluding hydrogens is 336 g/mol. The minimum atomic E-state index is 0.529. The lowest BCUT2D eigenvalue weighted by atomic mass is 10.2. The van der Waals surface area contributed by atoms with Crippen LogP contribution in [-0.2, 0) is 11.9 Å². The third-order valence-electron chi connectivity index (χ3n) is 2.42. The van der Waals surface area contributed by atoms with Crippen molar-refractivity contribution in [3.05, 3.63) is 45.1 Å². The van der Waals surface area contributed by atoms with Gasteiger partial charge in [-0.2, -0.15) is 11.3 Å². The van der Waals surface area contributed by atoms with Gasteiger partial charge < -0.3 is 9.47 Å². The number of rotatable bonds is 5. The van der Waals surface area contributed by atoms with E-state index in [1.807, 2.05) is 17.5 Å². The molecule has 0 bridgehead atoms. The molecule has 0 saturated heterocycles. The number of hydrogen-bond acceptors (Lipinski definition) is 3. The van der Waals surface area contributed by atoms with Gasteiger partial charge in [0, 0.05) is 22.0 Å². The maximum absolute atomic E-state index is 6.02. The summed E-state index contributed by atoms with van der Waals surface area (Å²) in [4.78, 5) is 0. The van der Waals surface area contributed by atoms with Crippen molar-refractivity contribution in [2.24, 2.45) is 0 Å². The molecule has 0 aliphatic heterocycles. The molecule has 5 heteroatoms. The maximum atomic E-state index is 6.02. The molecule has 0 amide bonds. The molecule has 96 valence electrons. The summed E-state index contributed by atoms with van der Waals surface area (Å²) in [5, 5.41) is 5.41. The first-order chi connectivity index (χ1) is 8.74. The smallest absolute Gasteiger partial charge is 0.165 e. The topological polar surface area (TPSA) is 18.5 Å². The summed E-state index contributed by atoms with van der Waals surface area (Å²) >= 11 is 11.1. The minimum absolute atomic E-state index is 0.529. The molecule has 1 aromatic carbocycles. The number of thiophene rings is 1. The average molecular weight is 348 g/mol. The number of methoxy groups -OCH3 is 1. The van der Waals surface area contributed by atoms with E-state index in [1.54, 1.807) is 24.5 Å². The zero-order valence-corrected chi connectivity index (χ0v) is 12.9. The fourth-order valence-corrected chi connectivity index (χ4v) is 2.87. The highest BCUT2D eigenvalue weighted by atomic mass is 79.9. The highest BCUT2D eigenvalue weighted by Crippen LogP contribution is 2.36. The number of benzene rings is 1. The summed E-state index contributed by atoms with van der Waals surface area (Å²) in [7, 11) is 1.61. The quantitative estimate of drug-likeness (QED) is 0.717. The van der Waals surface area contributed by atoms with E-state index in [4.69, 9.17) is 21.1 Å². The predicted molar refractivity (Wildman–Crippen MR) is 79.3 cm³/mol. The second-order valence-corrected chi connectivity index (χ2v) is 5.43. The van der Waals surface area contributed by atoms with Crippen LogP contribution in [0, 0.1) is 0 Å². The van der Waals surface area contributed by atoms with E-state index < -0.39 is 0 Å². The van der Waals surface area contributed by atoms with Gasteiger partial charge in [-0.3, -0.25) is 0 Å². The molecule has 0 atom stereocenters. The highest BCUT2D eigenvalue weighted by molar-refractivity contribution is 9.08. The van der Waals surface area contributed by atoms with E-state index in [0.717, 1.165) is 16.9 Å². The Hall–Kier alpha value is -0.710. The van der Waals surface area contributed by atoms with Crippen molar-refractivity contribution in [2.45, 2.75) is 11.9 Å². The van der Waals surface area contributed by atoms with Gasteiger partial charge in [0.05, 0.1) is 7.11 Å². The molecule has 0 saturated carbocycles. The second kappa shape index (κ2) is 6.45. The summed E-state index contributed by atoms with van der Waals surface area (Å²) in [6.45, 7) is 0.529. The molecule has 2 aromatic rings. The first-order valence-electron chi connectivity index (χ1n) is 5.31. The fourth-order valence-electron chi connectivity index (χ4n) is 1.57. The van der Waals surface area contributed by atoms with Gasteiger partial charge in [0.15, 0.2) is 11.5 Å². The lowest BCUT2D eigenvalue weighted by Gasteiger charge is -2.14. The first-order valence-corrected chi connectivity index (χ1v) is 7.75. The second-order valence-electron chi connectivity index (χ2n) is 3.65. The molecule has 0 unspecified atom stereocenters. The molecule has 0 aliphatic carbocycles. The van der Waals surface area contributed by atoms with E-state index in [0.29, 0.717) is 22.7 Å². The van der Waals surface area contributed by atoms with Crippen molar-refractivity contribution < 1.29 is 9.47 Å². The highest BCUT2D eigenvalue weighted by Gasteiger charge is 2.12. The summed E-state index contributed by atoms with van der Waals surface area (Å²) < 4.78 is 11.2. The summed E-state index contributed by atoms with van der Waals surface area (Å²) in [6.07, 6.45) is 0. The van der Waals surface area contributed by atoms with Crippen LogP contribution in [-0.4, -0.2) is 7.11 Å². The molecule has 2 nitrogen and oxygen atoms in total. The monoisotopic (exact) mass is 346 g/mol. The van der Waals surface area contributed by atoms with Crippen molar-refractivity contribution in [2.75, 3.05) is 7.11 Å². The standard InChI is InChI=1S/C13H12BrClO2S/c1-16-12-5-11(15)4-10(6-14)13(12)17-7-9-2-3-18-8-9/h2-5,8H,6-7H2,1H3. The van der Waals surface area contributed by atoms with Crippen LogP contribution in [0.4, 0.5) is 0 Å². The third kappa shape index (κ3) is 3.19. The largest absolute Gasteiger partial charge is 0.493 e. The number of halogens is 2. The van der Waals surface area contributed by atoms with E-state index in [1.165, 1.54) is 0 Å². The Labute approximate surface area is 124 Å². The Morgan fingerprint density at radius 2 is 2.22 bits per heavy atom. The fraction of sp³-hybridized carbons (Fsp3) is 0.231. The van der Waals surface area contributed by atoms with Gasteiger partial charge in [0.25, 0.3) is 0 Å². The zero-order chi connectivity index (χ0) is 13.0. The first kappa shape index (κ1) is 13.7. The van der Waals surface area contributed by atoms with E-state index in [-0.39, 0.29) is 0 Å². The molecule has 2 rings (SSSR count). The van der Waals surface area contributed by atoms with Gasteiger partial charge in [0.1, 0.15) is 6.61 Å². The number of alkyl halides is 1. The van der Waals surface area contributed by atoms with Crippen LogP contribution in [0.2, 0.25) is 5.02 Å². The zero-order valence-electron chi connectivity index (χ0n) is 9.78. The van der Waals surface area contributed by atoms with Gasteiger partial charge >= 0.3 is 0 Å². The van der Waals surface area contributed by atoms with E-state index >= 15 is 0 Å². The van der Waals surface area contributed by atoms with Crippen LogP contribution in [0.5, 0.6) is 11.5 Å². The molecule has 0 spiro atoms. The molecule has 0 aliphatic rings. The van der Waals surface area contributed by atoms with Crippen molar-refractivity contribution in [1.82, 2.24) is 0 Å². The van der Waals surface area contributed by atoms with Gasteiger partial charge in [-0.15, -0.1) is 0 Å². The predicted octanol–water partition coefficient (Wildman–Crippen LogP) is 4.88. The van der Waals surface area contributed by atoms with Crippen molar-refractivity contribution in [3.8, 4) is 11.5 Å². The van der Waals surface area contributed by atoms with Crippen LogP contribution in [0.3, 0.4) is 0 Å². The summed E-state index contributed by atoms with van der Waals surface area (Å²) in [5.41, 5.74) is 2.13. The average Bonchev–Trinajstić information content (AvgIpc) is 2.89. The van der Waals surface area contributed by atoms with Gasteiger partial charge in [0.2, 0.25) is 0 Å². The third-order valence-corrected chi connectivity index (χ3v) is 3.98. The molecule has 18 heavy (non-hydrogen) atoms. The van der Waals surface area contributed by atoms with Crippen molar-refractivity contribution in [1.29, 1.82) is 0 Å². The Kier molecular flexibility index (Phi) is 4.92. The SMILES string of the molecule is COc1cc(Cl)cc(CBr)c1OCc1ccsc1.